The second-order valence-corrected chi connectivity index (χ2v) is 6.57. The van der Waals surface area contributed by atoms with E-state index in [-0.39, 0.29) is 4.90 Å². The van der Waals surface area contributed by atoms with E-state index in [4.69, 9.17) is 16.3 Å². The van der Waals surface area contributed by atoms with Gasteiger partial charge in [-0.2, -0.15) is 0 Å². The van der Waals surface area contributed by atoms with Crippen molar-refractivity contribution in [2.24, 2.45) is 0 Å². The fourth-order valence-corrected chi connectivity index (χ4v) is 2.40. The highest BCUT2D eigenvalue weighted by Gasteiger charge is 2.07. The molecule has 20 heavy (non-hydrogen) atoms. The van der Waals surface area contributed by atoms with Gasteiger partial charge in [0.05, 0.1) is 9.92 Å². The first kappa shape index (κ1) is 14.6. The van der Waals surface area contributed by atoms with Crippen molar-refractivity contribution in [1.82, 2.24) is 0 Å². The molecule has 104 valence electrons. The van der Waals surface area contributed by atoms with Gasteiger partial charge in [-0.15, -0.1) is 0 Å². The number of aldehydes is 1. The maximum atomic E-state index is 11.3. The van der Waals surface area contributed by atoms with Gasteiger partial charge in [-0.3, -0.25) is 4.79 Å². The van der Waals surface area contributed by atoms with Crippen LogP contribution in [0.4, 0.5) is 0 Å². The van der Waals surface area contributed by atoms with Gasteiger partial charge >= 0.3 is 0 Å². The second kappa shape index (κ2) is 5.64. The van der Waals surface area contributed by atoms with E-state index >= 15 is 0 Å². The molecule has 0 aromatic heterocycles. The molecule has 0 bridgehead atoms. The number of benzene rings is 2. The maximum absolute atomic E-state index is 11.3. The molecule has 4 nitrogen and oxygen atoms in total. The number of halogens is 1. The first-order valence-corrected chi connectivity index (χ1v) is 7.90. The predicted molar refractivity (Wildman–Crippen MR) is 76.5 cm³/mol. The van der Waals surface area contributed by atoms with E-state index in [1.165, 1.54) is 18.2 Å². The van der Waals surface area contributed by atoms with Crippen molar-refractivity contribution in [3.05, 3.63) is 53.1 Å². The Bertz CT molecular complexity index is 736. The Kier molecular flexibility index (Phi) is 4.11. The number of ether oxygens (including phenoxy) is 1. The third kappa shape index (κ3) is 3.37. The van der Waals surface area contributed by atoms with E-state index in [2.05, 4.69) is 0 Å². The SMILES string of the molecule is CS(=O)(=O)c1ccc(Oc2ccc(C=O)c(Cl)c2)cc1. The summed E-state index contributed by atoms with van der Waals surface area (Å²) >= 11 is 5.89. The predicted octanol–water partition coefficient (Wildman–Crippen LogP) is 3.35. The van der Waals surface area contributed by atoms with Crippen molar-refractivity contribution >= 4 is 27.7 Å². The summed E-state index contributed by atoms with van der Waals surface area (Å²) in [4.78, 5) is 10.9. The summed E-state index contributed by atoms with van der Waals surface area (Å²) in [5.74, 6) is 0.944. The van der Waals surface area contributed by atoms with Crippen LogP contribution in [-0.2, 0) is 9.84 Å². The molecule has 0 saturated heterocycles. The van der Waals surface area contributed by atoms with Crippen LogP contribution in [0.25, 0.3) is 0 Å². The molecule has 0 spiro atoms. The molecule has 0 fully saturated rings. The Labute approximate surface area is 121 Å². The lowest BCUT2D eigenvalue weighted by Crippen LogP contribution is -1.96. The number of carbonyl (C=O) groups is 1. The Hall–Kier alpha value is -1.85. The van der Waals surface area contributed by atoms with E-state index in [1.54, 1.807) is 24.3 Å². The van der Waals surface area contributed by atoms with Crippen LogP contribution >= 0.6 is 11.6 Å². The average Bonchev–Trinajstić information content (AvgIpc) is 2.38. The van der Waals surface area contributed by atoms with Crippen LogP contribution in [0.3, 0.4) is 0 Å². The lowest BCUT2D eigenvalue weighted by molar-refractivity contribution is 0.112. The first-order chi connectivity index (χ1) is 9.40. The Morgan fingerprint density at radius 2 is 1.65 bits per heavy atom. The molecule has 0 N–H and O–H groups in total. The lowest BCUT2D eigenvalue weighted by Gasteiger charge is -2.07. The number of rotatable bonds is 4. The van der Waals surface area contributed by atoms with Gasteiger partial charge in [0.25, 0.3) is 0 Å². The smallest absolute Gasteiger partial charge is 0.175 e. The minimum Gasteiger partial charge on any atom is -0.457 e. The molecule has 2 rings (SSSR count). The Morgan fingerprint density at radius 3 is 2.15 bits per heavy atom. The molecular formula is C14H11ClO4S. The zero-order chi connectivity index (χ0) is 14.8. The normalized spacial score (nSPS) is 11.1. The zero-order valence-corrected chi connectivity index (χ0v) is 12.1. The van der Waals surface area contributed by atoms with Gasteiger partial charge in [-0.1, -0.05) is 11.6 Å². The van der Waals surface area contributed by atoms with E-state index in [1.807, 2.05) is 0 Å². The molecule has 0 heterocycles. The summed E-state index contributed by atoms with van der Waals surface area (Å²) in [5.41, 5.74) is 0.381. The largest absolute Gasteiger partial charge is 0.457 e. The summed E-state index contributed by atoms with van der Waals surface area (Å²) < 4.78 is 28.2. The minimum atomic E-state index is -3.22. The second-order valence-electron chi connectivity index (χ2n) is 4.15. The third-order valence-electron chi connectivity index (χ3n) is 2.59. The summed E-state index contributed by atoms with van der Waals surface area (Å²) in [6.07, 6.45) is 1.80. The van der Waals surface area contributed by atoms with Crippen LogP contribution in [-0.4, -0.2) is 21.0 Å². The zero-order valence-electron chi connectivity index (χ0n) is 10.5. The van der Waals surface area contributed by atoms with Gasteiger partial charge in [0.15, 0.2) is 16.1 Å². The van der Waals surface area contributed by atoms with E-state index < -0.39 is 9.84 Å². The van der Waals surface area contributed by atoms with Crippen LogP contribution in [0.15, 0.2) is 47.4 Å². The van der Waals surface area contributed by atoms with Crippen LogP contribution < -0.4 is 4.74 Å². The Balaban J connectivity index is 2.22. The first-order valence-electron chi connectivity index (χ1n) is 5.63. The van der Waals surface area contributed by atoms with E-state index in [9.17, 15) is 13.2 Å². The van der Waals surface area contributed by atoms with Gasteiger partial charge in [0, 0.05) is 17.9 Å². The van der Waals surface area contributed by atoms with Crippen molar-refractivity contribution in [3.8, 4) is 11.5 Å². The van der Waals surface area contributed by atoms with Crippen molar-refractivity contribution in [1.29, 1.82) is 0 Å². The number of hydrogen-bond donors (Lipinski definition) is 0. The van der Waals surface area contributed by atoms with Crippen molar-refractivity contribution in [2.45, 2.75) is 4.90 Å². The van der Waals surface area contributed by atoms with Crippen LogP contribution in [0, 0.1) is 0 Å². The summed E-state index contributed by atoms with van der Waals surface area (Å²) in [6.45, 7) is 0. The van der Waals surface area contributed by atoms with Crippen molar-refractivity contribution in [2.75, 3.05) is 6.26 Å². The molecule has 2 aromatic rings. The monoisotopic (exact) mass is 310 g/mol. The molecule has 0 aliphatic rings. The molecule has 0 saturated carbocycles. The quantitative estimate of drug-likeness (QED) is 0.813. The highest BCUT2D eigenvalue weighted by molar-refractivity contribution is 7.90. The third-order valence-corrected chi connectivity index (χ3v) is 4.04. The maximum Gasteiger partial charge on any atom is 0.175 e. The van der Waals surface area contributed by atoms with Gasteiger partial charge in [-0.25, -0.2) is 8.42 Å². The van der Waals surface area contributed by atoms with Crippen molar-refractivity contribution in [3.63, 3.8) is 0 Å². The van der Waals surface area contributed by atoms with Crippen molar-refractivity contribution < 1.29 is 17.9 Å². The summed E-state index contributed by atoms with van der Waals surface area (Å²) in [7, 11) is -3.22. The number of carbonyl (C=O) groups excluding carboxylic acids is 1. The molecule has 0 atom stereocenters. The van der Waals surface area contributed by atoms with Gasteiger partial charge < -0.3 is 4.74 Å². The standard InChI is InChI=1S/C14H11ClO4S/c1-20(17,18)13-6-4-11(5-7-13)19-12-3-2-10(9-16)14(15)8-12/h2-9H,1H3. The molecule has 2 aromatic carbocycles. The fourth-order valence-electron chi connectivity index (χ4n) is 1.56. The Morgan fingerprint density at radius 1 is 1.05 bits per heavy atom. The molecule has 0 radical (unpaired) electrons. The molecule has 6 heteroatoms. The average molecular weight is 311 g/mol. The van der Waals surface area contributed by atoms with E-state index in [0.29, 0.717) is 28.4 Å². The highest BCUT2D eigenvalue weighted by atomic mass is 35.5. The van der Waals surface area contributed by atoms with E-state index in [0.717, 1.165) is 6.26 Å². The van der Waals surface area contributed by atoms with Gasteiger partial charge in [0.1, 0.15) is 11.5 Å². The summed E-state index contributed by atoms with van der Waals surface area (Å²) in [6, 6.07) is 10.7. The van der Waals surface area contributed by atoms with Crippen LogP contribution in [0.1, 0.15) is 10.4 Å². The van der Waals surface area contributed by atoms with Gasteiger partial charge in [0.2, 0.25) is 0 Å². The van der Waals surface area contributed by atoms with Crippen LogP contribution in [0.2, 0.25) is 5.02 Å². The number of hydrogen-bond acceptors (Lipinski definition) is 4. The topological polar surface area (TPSA) is 60.4 Å². The lowest BCUT2D eigenvalue weighted by atomic mass is 10.2. The summed E-state index contributed by atoms with van der Waals surface area (Å²) in [5, 5.41) is 0.297. The van der Waals surface area contributed by atoms with Crippen LogP contribution in [0.5, 0.6) is 11.5 Å². The molecule has 0 unspecified atom stereocenters. The molecule has 0 amide bonds. The highest BCUT2D eigenvalue weighted by Crippen LogP contribution is 2.26. The molecule has 0 aliphatic carbocycles. The molecular weight excluding hydrogens is 300 g/mol. The number of sulfone groups is 1. The fraction of sp³-hybridized carbons (Fsp3) is 0.0714. The minimum absolute atomic E-state index is 0.221. The van der Waals surface area contributed by atoms with Gasteiger partial charge in [-0.05, 0) is 36.4 Å². The molecule has 0 aliphatic heterocycles.